The summed E-state index contributed by atoms with van der Waals surface area (Å²) in [7, 11) is 0. The number of carbonyl (C=O) groups excluding carboxylic acids is 1. The van der Waals surface area contributed by atoms with E-state index >= 15 is 0 Å². The zero-order valence-corrected chi connectivity index (χ0v) is 12.6. The Balaban J connectivity index is 3.06. The van der Waals surface area contributed by atoms with Gasteiger partial charge in [-0.05, 0) is 36.0 Å². The molecule has 1 rings (SSSR count). The summed E-state index contributed by atoms with van der Waals surface area (Å²) in [5.41, 5.74) is 4.52. The number of hydrogen-bond donors (Lipinski definition) is 1. The number of rotatable bonds is 3. The van der Waals surface area contributed by atoms with Crippen LogP contribution in [0, 0.1) is 13.8 Å². The number of anilines is 1. The molecule has 1 aromatic carbocycles. The standard InChI is InChI=1S/C15H22ClNO/c1-10-8-12(15(3,4)5)9-11(2)14(10)17-13(18)6-7-16/h8-9H,6-7H2,1-5H3,(H,17,18). The summed E-state index contributed by atoms with van der Waals surface area (Å²) < 4.78 is 0. The van der Waals surface area contributed by atoms with Crippen LogP contribution in [-0.4, -0.2) is 11.8 Å². The molecule has 0 atom stereocenters. The van der Waals surface area contributed by atoms with E-state index in [1.807, 2.05) is 13.8 Å². The first kappa shape index (κ1) is 15.0. The van der Waals surface area contributed by atoms with E-state index < -0.39 is 0 Å². The van der Waals surface area contributed by atoms with E-state index in [1.165, 1.54) is 5.56 Å². The largest absolute Gasteiger partial charge is 0.326 e. The van der Waals surface area contributed by atoms with Crippen molar-refractivity contribution in [3.63, 3.8) is 0 Å². The molecule has 0 bridgehead atoms. The van der Waals surface area contributed by atoms with Crippen LogP contribution in [0.3, 0.4) is 0 Å². The molecule has 1 amide bonds. The predicted octanol–water partition coefficient (Wildman–Crippen LogP) is 4.17. The molecule has 0 spiro atoms. The number of carbonyl (C=O) groups is 1. The SMILES string of the molecule is Cc1cc(C(C)(C)C)cc(C)c1NC(=O)CCCl. The van der Waals surface area contributed by atoms with Crippen molar-refractivity contribution < 1.29 is 4.79 Å². The minimum atomic E-state index is -0.0280. The van der Waals surface area contributed by atoms with E-state index in [0.29, 0.717) is 12.3 Å². The predicted molar refractivity (Wildman–Crippen MR) is 78.6 cm³/mol. The van der Waals surface area contributed by atoms with Gasteiger partial charge in [-0.1, -0.05) is 32.9 Å². The van der Waals surface area contributed by atoms with Crippen LogP contribution in [0.15, 0.2) is 12.1 Å². The van der Waals surface area contributed by atoms with Crippen molar-refractivity contribution >= 4 is 23.2 Å². The lowest BCUT2D eigenvalue weighted by molar-refractivity contribution is -0.115. The van der Waals surface area contributed by atoms with Crippen LogP contribution in [0.4, 0.5) is 5.69 Å². The van der Waals surface area contributed by atoms with Crippen molar-refractivity contribution in [2.45, 2.75) is 46.5 Å². The van der Waals surface area contributed by atoms with Crippen LogP contribution in [0.1, 0.15) is 43.9 Å². The second-order valence-electron chi connectivity index (χ2n) is 5.72. The van der Waals surface area contributed by atoms with E-state index in [1.54, 1.807) is 0 Å². The van der Waals surface area contributed by atoms with E-state index in [2.05, 4.69) is 38.2 Å². The van der Waals surface area contributed by atoms with Gasteiger partial charge in [-0.3, -0.25) is 4.79 Å². The van der Waals surface area contributed by atoms with E-state index in [-0.39, 0.29) is 11.3 Å². The topological polar surface area (TPSA) is 29.1 Å². The Bertz CT molecular complexity index is 423. The zero-order chi connectivity index (χ0) is 13.9. The maximum absolute atomic E-state index is 11.6. The summed E-state index contributed by atoms with van der Waals surface area (Å²) in [5.74, 6) is 0.323. The fourth-order valence-electron chi connectivity index (χ4n) is 1.88. The number of benzene rings is 1. The quantitative estimate of drug-likeness (QED) is 0.819. The zero-order valence-electron chi connectivity index (χ0n) is 11.9. The van der Waals surface area contributed by atoms with Crippen molar-refractivity contribution in [2.24, 2.45) is 0 Å². The molecule has 0 aliphatic carbocycles. The smallest absolute Gasteiger partial charge is 0.225 e. The molecule has 0 heterocycles. The molecular formula is C15H22ClNO. The van der Waals surface area contributed by atoms with Crippen molar-refractivity contribution in [2.75, 3.05) is 11.2 Å². The molecule has 0 unspecified atom stereocenters. The second-order valence-corrected chi connectivity index (χ2v) is 6.10. The van der Waals surface area contributed by atoms with Crippen molar-refractivity contribution in [1.29, 1.82) is 0 Å². The average Bonchev–Trinajstić information content (AvgIpc) is 2.22. The van der Waals surface area contributed by atoms with Gasteiger partial charge in [0, 0.05) is 18.0 Å². The maximum atomic E-state index is 11.6. The number of amides is 1. The molecule has 3 heteroatoms. The second kappa shape index (κ2) is 5.75. The van der Waals surface area contributed by atoms with Gasteiger partial charge in [0.2, 0.25) is 5.91 Å². The van der Waals surface area contributed by atoms with Crippen LogP contribution in [0.2, 0.25) is 0 Å². The van der Waals surface area contributed by atoms with Crippen LogP contribution >= 0.6 is 11.6 Å². The number of nitrogens with one attached hydrogen (secondary N) is 1. The first-order chi connectivity index (χ1) is 8.25. The summed E-state index contributed by atoms with van der Waals surface area (Å²) in [4.78, 5) is 11.6. The van der Waals surface area contributed by atoms with Crippen LogP contribution < -0.4 is 5.32 Å². The minimum Gasteiger partial charge on any atom is -0.326 e. The molecule has 100 valence electrons. The molecular weight excluding hydrogens is 246 g/mol. The molecule has 0 radical (unpaired) electrons. The van der Waals surface area contributed by atoms with Gasteiger partial charge in [0.15, 0.2) is 0 Å². The van der Waals surface area contributed by atoms with Gasteiger partial charge < -0.3 is 5.32 Å². The summed E-state index contributed by atoms with van der Waals surface area (Å²) in [5, 5.41) is 2.93. The highest BCUT2D eigenvalue weighted by atomic mass is 35.5. The first-order valence-corrected chi connectivity index (χ1v) is 6.76. The molecule has 1 N–H and O–H groups in total. The molecule has 0 fully saturated rings. The lowest BCUT2D eigenvalue weighted by Crippen LogP contribution is -2.16. The van der Waals surface area contributed by atoms with Crippen LogP contribution in [0.25, 0.3) is 0 Å². The fourth-order valence-corrected chi connectivity index (χ4v) is 2.05. The summed E-state index contributed by atoms with van der Waals surface area (Å²) in [6, 6.07) is 4.28. The summed E-state index contributed by atoms with van der Waals surface area (Å²) in [6.45, 7) is 10.6. The molecule has 0 saturated carbocycles. The molecule has 0 saturated heterocycles. The van der Waals surface area contributed by atoms with Gasteiger partial charge in [-0.2, -0.15) is 0 Å². The summed E-state index contributed by atoms with van der Waals surface area (Å²) >= 11 is 5.57. The highest BCUT2D eigenvalue weighted by molar-refractivity contribution is 6.19. The van der Waals surface area contributed by atoms with Gasteiger partial charge in [0.25, 0.3) is 0 Å². The minimum absolute atomic E-state index is 0.0280. The van der Waals surface area contributed by atoms with Crippen molar-refractivity contribution in [3.05, 3.63) is 28.8 Å². The van der Waals surface area contributed by atoms with E-state index in [0.717, 1.165) is 16.8 Å². The van der Waals surface area contributed by atoms with Gasteiger partial charge in [-0.25, -0.2) is 0 Å². The van der Waals surface area contributed by atoms with Gasteiger partial charge in [0.05, 0.1) is 0 Å². The Labute approximate surface area is 115 Å². The third-order valence-corrected chi connectivity index (χ3v) is 3.17. The van der Waals surface area contributed by atoms with Gasteiger partial charge in [0.1, 0.15) is 0 Å². The monoisotopic (exact) mass is 267 g/mol. The molecule has 0 aliphatic rings. The average molecular weight is 268 g/mol. The van der Waals surface area contributed by atoms with E-state index in [9.17, 15) is 4.79 Å². The maximum Gasteiger partial charge on any atom is 0.225 e. The van der Waals surface area contributed by atoms with Crippen LogP contribution in [-0.2, 0) is 10.2 Å². The van der Waals surface area contributed by atoms with Gasteiger partial charge in [-0.15, -0.1) is 11.6 Å². The van der Waals surface area contributed by atoms with Crippen LogP contribution in [0.5, 0.6) is 0 Å². The highest BCUT2D eigenvalue weighted by Crippen LogP contribution is 2.29. The molecule has 0 aliphatic heterocycles. The van der Waals surface area contributed by atoms with Crippen molar-refractivity contribution in [1.82, 2.24) is 0 Å². The Kier molecular flexibility index (Phi) is 4.80. The lowest BCUT2D eigenvalue weighted by Gasteiger charge is -2.22. The van der Waals surface area contributed by atoms with Gasteiger partial charge >= 0.3 is 0 Å². The number of alkyl halides is 1. The molecule has 2 nitrogen and oxygen atoms in total. The highest BCUT2D eigenvalue weighted by Gasteiger charge is 2.16. The summed E-state index contributed by atoms with van der Waals surface area (Å²) in [6.07, 6.45) is 0.349. The molecule has 1 aromatic rings. The number of halogens is 1. The Morgan fingerprint density at radius 3 is 2.11 bits per heavy atom. The van der Waals surface area contributed by atoms with E-state index in [4.69, 9.17) is 11.6 Å². The lowest BCUT2D eigenvalue weighted by atomic mass is 9.85. The normalized spacial score (nSPS) is 11.4. The fraction of sp³-hybridized carbons (Fsp3) is 0.533. The first-order valence-electron chi connectivity index (χ1n) is 6.23. The van der Waals surface area contributed by atoms with Crippen molar-refractivity contribution in [3.8, 4) is 0 Å². The number of hydrogen-bond acceptors (Lipinski definition) is 1. The third-order valence-electron chi connectivity index (χ3n) is 2.98. The Morgan fingerprint density at radius 2 is 1.72 bits per heavy atom. The Morgan fingerprint density at radius 1 is 1.22 bits per heavy atom. The third kappa shape index (κ3) is 3.74. The molecule has 18 heavy (non-hydrogen) atoms. The molecule has 0 aromatic heterocycles. The number of aryl methyl sites for hydroxylation is 2. The Hall–Kier alpha value is -1.02.